The lowest BCUT2D eigenvalue weighted by molar-refractivity contribution is -0.125. The number of hydrogen-bond donors (Lipinski definition) is 1. The molecule has 1 aromatic carbocycles. The molecular formula is C17H21N3O4S. The largest absolute Gasteiger partial charge is 0.375 e. The fraction of sp³-hybridized carbons (Fsp3) is 0.412. The average molecular weight is 363 g/mol. The maximum Gasteiger partial charge on any atom is 0.246 e. The molecule has 7 nitrogen and oxygen atoms in total. The van der Waals surface area contributed by atoms with Gasteiger partial charge >= 0.3 is 0 Å². The Hall–Kier alpha value is -2.03. The Morgan fingerprint density at radius 1 is 1.40 bits per heavy atom. The molecule has 1 atom stereocenters. The molecule has 0 bridgehead atoms. The Labute approximate surface area is 147 Å². The Kier molecular flexibility index (Phi) is 5.03. The first-order valence-corrected chi connectivity index (χ1v) is 9.49. The van der Waals surface area contributed by atoms with E-state index in [1.165, 1.54) is 11.4 Å². The number of benzene rings is 1. The topological polar surface area (TPSA) is 88.6 Å². The van der Waals surface area contributed by atoms with Gasteiger partial charge in [-0.15, -0.1) is 0 Å². The number of aryl methyl sites for hydroxylation is 1. The van der Waals surface area contributed by atoms with Crippen LogP contribution in [0.1, 0.15) is 12.0 Å². The molecule has 0 radical (unpaired) electrons. The van der Waals surface area contributed by atoms with Crippen molar-refractivity contribution in [1.29, 1.82) is 0 Å². The number of ether oxygens (including phenoxy) is 1. The van der Waals surface area contributed by atoms with E-state index in [4.69, 9.17) is 4.74 Å². The van der Waals surface area contributed by atoms with E-state index >= 15 is 0 Å². The number of rotatable bonds is 5. The van der Waals surface area contributed by atoms with Gasteiger partial charge in [0.25, 0.3) is 0 Å². The maximum absolute atomic E-state index is 13.1. The minimum atomic E-state index is -3.65. The summed E-state index contributed by atoms with van der Waals surface area (Å²) in [6, 6.07) is 5.01. The highest BCUT2D eigenvalue weighted by Gasteiger charge is 2.34. The van der Waals surface area contributed by atoms with Crippen LogP contribution >= 0.6 is 0 Å². The molecule has 134 valence electrons. The van der Waals surface area contributed by atoms with Crippen molar-refractivity contribution in [3.8, 4) is 0 Å². The summed E-state index contributed by atoms with van der Waals surface area (Å²) in [5, 5.41) is 4.30. The number of carbonyl (C=O) groups excluding carboxylic acids is 1. The van der Waals surface area contributed by atoms with Crippen LogP contribution in [0.2, 0.25) is 0 Å². The molecule has 8 heteroatoms. The molecule has 2 aromatic rings. The van der Waals surface area contributed by atoms with E-state index in [1.54, 1.807) is 24.5 Å². The molecule has 2 heterocycles. The van der Waals surface area contributed by atoms with Gasteiger partial charge in [-0.25, -0.2) is 8.42 Å². The van der Waals surface area contributed by atoms with Crippen LogP contribution in [0.5, 0.6) is 0 Å². The van der Waals surface area contributed by atoms with Crippen molar-refractivity contribution in [1.82, 2.24) is 14.6 Å². The van der Waals surface area contributed by atoms with E-state index in [-0.39, 0.29) is 30.0 Å². The highest BCUT2D eigenvalue weighted by molar-refractivity contribution is 7.89. The van der Waals surface area contributed by atoms with Crippen molar-refractivity contribution in [3.63, 3.8) is 0 Å². The van der Waals surface area contributed by atoms with Gasteiger partial charge < -0.3 is 10.1 Å². The zero-order valence-electron chi connectivity index (χ0n) is 14.2. The third-order valence-corrected chi connectivity index (χ3v) is 6.25. The van der Waals surface area contributed by atoms with Gasteiger partial charge in [-0.2, -0.15) is 4.31 Å². The van der Waals surface area contributed by atoms with Gasteiger partial charge in [0.05, 0.1) is 4.90 Å². The molecule has 0 spiro atoms. The second kappa shape index (κ2) is 7.07. The van der Waals surface area contributed by atoms with E-state index in [0.717, 1.165) is 10.9 Å². The number of amides is 1. The fourth-order valence-corrected chi connectivity index (χ4v) is 4.98. The molecule has 0 unspecified atom stereocenters. The number of pyridine rings is 1. The smallest absolute Gasteiger partial charge is 0.246 e. The molecule has 1 N–H and O–H groups in total. The second-order valence-corrected chi connectivity index (χ2v) is 8.07. The zero-order chi connectivity index (χ0) is 18.0. The van der Waals surface area contributed by atoms with Crippen LogP contribution in [0.4, 0.5) is 0 Å². The quantitative estimate of drug-likeness (QED) is 0.858. The van der Waals surface area contributed by atoms with E-state index in [0.29, 0.717) is 18.4 Å². The molecule has 0 aliphatic carbocycles. The number of nitrogens with one attached hydrogen (secondary N) is 1. The fourth-order valence-electron chi connectivity index (χ4n) is 3.19. The first-order valence-electron chi connectivity index (χ1n) is 8.05. The molecule has 1 fully saturated rings. The first kappa shape index (κ1) is 17.8. The van der Waals surface area contributed by atoms with Crippen molar-refractivity contribution in [2.45, 2.75) is 24.3 Å². The number of fused-ring (bicyclic) bond motifs is 1. The average Bonchev–Trinajstić information content (AvgIpc) is 3.04. The SMILES string of the molecule is COCC(=O)N[C@H]1CCN(S(=O)(=O)c2cccc3cncc(C)c23)C1. The van der Waals surface area contributed by atoms with E-state index in [1.807, 2.05) is 13.0 Å². The molecule has 1 aliphatic heterocycles. The van der Waals surface area contributed by atoms with Crippen molar-refractivity contribution >= 4 is 26.7 Å². The van der Waals surface area contributed by atoms with Gasteiger partial charge in [0, 0.05) is 49.4 Å². The zero-order valence-corrected chi connectivity index (χ0v) is 15.0. The van der Waals surface area contributed by atoms with Gasteiger partial charge in [-0.1, -0.05) is 12.1 Å². The molecule has 1 amide bonds. The van der Waals surface area contributed by atoms with Crippen LogP contribution in [-0.4, -0.2) is 56.5 Å². The molecule has 0 saturated carbocycles. The summed E-state index contributed by atoms with van der Waals surface area (Å²) in [4.78, 5) is 16.0. The molecule has 25 heavy (non-hydrogen) atoms. The molecular weight excluding hydrogens is 342 g/mol. The summed E-state index contributed by atoms with van der Waals surface area (Å²) in [5.74, 6) is -0.237. The van der Waals surface area contributed by atoms with E-state index in [2.05, 4.69) is 10.3 Å². The summed E-state index contributed by atoms with van der Waals surface area (Å²) in [5.41, 5.74) is 0.820. The van der Waals surface area contributed by atoms with Gasteiger partial charge in [0.1, 0.15) is 6.61 Å². The predicted molar refractivity (Wildman–Crippen MR) is 93.7 cm³/mol. The predicted octanol–water partition coefficient (Wildman–Crippen LogP) is 1.07. The van der Waals surface area contributed by atoms with Crippen molar-refractivity contribution in [2.75, 3.05) is 26.8 Å². The molecule has 1 aromatic heterocycles. The third kappa shape index (κ3) is 3.51. The number of nitrogens with zero attached hydrogens (tertiary/aromatic N) is 2. The third-order valence-electron chi connectivity index (χ3n) is 4.34. The van der Waals surface area contributed by atoms with E-state index in [9.17, 15) is 13.2 Å². The van der Waals surface area contributed by atoms with Gasteiger partial charge in [0.2, 0.25) is 15.9 Å². The first-order chi connectivity index (χ1) is 11.9. The van der Waals surface area contributed by atoms with E-state index < -0.39 is 10.0 Å². The number of methoxy groups -OCH3 is 1. The van der Waals surface area contributed by atoms with Gasteiger partial charge in [-0.3, -0.25) is 9.78 Å². The molecule has 1 saturated heterocycles. The Morgan fingerprint density at radius 2 is 2.20 bits per heavy atom. The summed E-state index contributed by atoms with van der Waals surface area (Å²) in [6.07, 6.45) is 3.91. The molecule has 3 rings (SSSR count). The van der Waals surface area contributed by atoms with Crippen molar-refractivity contribution < 1.29 is 17.9 Å². The Morgan fingerprint density at radius 3 is 2.96 bits per heavy atom. The summed E-state index contributed by atoms with van der Waals surface area (Å²) < 4.78 is 32.5. The van der Waals surface area contributed by atoms with Crippen LogP contribution in [0.15, 0.2) is 35.5 Å². The van der Waals surface area contributed by atoms with Crippen molar-refractivity contribution in [2.24, 2.45) is 0 Å². The minimum absolute atomic E-state index is 0.0290. The van der Waals surface area contributed by atoms with Crippen molar-refractivity contribution in [3.05, 3.63) is 36.2 Å². The maximum atomic E-state index is 13.1. The van der Waals surface area contributed by atoms with Crippen LogP contribution in [-0.2, 0) is 19.6 Å². The number of sulfonamides is 1. The normalized spacial score (nSPS) is 18.6. The van der Waals surface area contributed by atoms with Crippen LogP contribution in [0, 0.1) is 6.92 Å². The lowest BCUT2D eigenvalue weighted by Gasteiger charge is -2.19. The minimum Gasteiger partial charge on any atom is -0.375 e. The van der Waals surface area contributed by atoms with Crippen LogP contribution in [0.25, 0.3) is 10.8 Å². The standard InChI is InChI=1S/C17H21N3O4S/c1-12-8-18-9-13-4-3-5-15(17(12)13)25(22,23)20-7-6-14(10-20)19-16(21)11-24-2/h3-5,8-9,14H,6-7,10-11H2,1-2H3,(H,19,21)/t14-/m0/s1. The number of hydrogen-bond acceptors (Lipinski definition) is 5. The lowest BCUT2D eigenvalue weighted by atomic mass is 10.1. The van der Waals surface area contributed by atoms with Gasteiger partial charge in [0.15, 0.2) is 0 Å². The van der Waals surface area contributed by atoms with Crippen LogP contribution in [0.3, 0.4) is 0 Å². The number of aromatic nitrogens is 1. The Balaban J connectivity index is 1.87. The summed E-state index contributed by atoms with van der Waals surface area (Å²) in [6.45, 7) is 2.46. The summed E-state index contributed by atoms with van der Waals surface area (Å²) in [7, 11) is -2.20. The summed E-state index contributed by atoms with van der Waals surface area (Å²) >= 11 is 0. The highest BCUT2D eigenvalue weighted by atomic mass is 32.2. The van der Waals surface area contributed by atoms with Gasteiger partial charge in [-0.05, 0) is 25.0 Å². The monoisotopic (exact) mass is 363 g/mol. The second-order valence-electron chi connectivity index (χ2n) is 6.16. The number of carbonyl (C=O) groups is 1. The highest BCUT2D eigenvalue weighted by Crippen LogP contribution is 2.29. The molecule has 1 aliphatic rings. The Bertz CT molecular complexity index is 893. The van der Waals surface area contributed by atoms with Crippen LogP contribution < -0.4 is 5.32 Å². The lowest BCUT2D eigenvalue weighted by Crippen LogP contribution is -2.40.